The third kappa shape index (κ3) is 2.84. The van der Waals surface area contributed by atoms with E-state index in [0.717, 1.165) is 23.6 Å². The van der Waals surface area contributed by atoms with Gasteiger partial charge >= 0.3 is 0 Å². The molecule has 0 saturated heterocycles. The van der Waals surface area contributed by atoms with Gasteiger partial charge in [0.15, 0.2) is 0 Å². The molecule has 1 N–H and O–H groups in total. The Morgan fingerprint density at radius 3 is 2.67 bits per heavy atom. The number of hydrogen-bond donors (Lipinski definition) is 1. The first kappa shape index (κ1) is 13.5. The molecule has 4 heteroatoms. The van der Waals surface area contributed by atoms with Crippen molar-refractivity contribution in [3.8, 4) is 0 Å². The molecule has 3 aromatic rings. The molecule has 108 valence electrons. The second-order valence-corrected chi connectivity index (χ2v) is 5.02. The minimum absolute atomic E-state index is 0.0179. The van der Waals surface area contributed by atoms with Crippen molar-refractivity contribution in [2.45, 2.75) is 19.4 Å². The number of hydrogen-bond acceptors (Lipinski definition) is 3. The molecule has 1 unspecified atom stereocenters. The summed E-state index contributed by atoms with van der Waals surface area (Å²) in [6.07, 6.45) is 4.61. The third-order valence-electron chi connectivity index (χ3n) is 3.50. The van der Waals surface area contributed by atoms with Gasteiger partial charge in [0.1, 0.15) is 11.8 Å². The number of rotatable bonds is 5. The maximum atomic E-state index is 5.61. The van der Waals surface area contributed by atoms with Crippen LogP contribution in [0.15, 0.2) is 59.3 Å². The first-order valence-electron chi connectivity index (χ1n) is 7.15. The molecule has 0 amide bonds. The summed E-state index contributed by atoms with van der Waals surface area (Å²) in [6.45, 7) is 2.11. The van der Waals surface area contributed by atoms with Gasteiger partial charge in [0.25, 0.3) is 0 Å². The highest BCUT2D eigenvalue weighted by Gasteiger charge is 2.18. The SMILES string of the molecule is CCc1nn(C)cc1NC(c1ccccc1)c1ccco1. The molecule has 2 heterocycles. The van der Waals surface area contributed by atoms with E-state index in [0.29, 0.717) is 0 Å². The van der Waals surface area contributed by atoms with E-state index in [9.17, 15) is 0 Å². The lowest BCUT2D eigenvalue weighted by Gasteiger charge is -2.18. The predicted molar refractivity (Wildman–Crippen MR) is 83.2 cm³/mol. The summed E-state index contributed by atoms with van der Waals surface area (Å²) >= 11 is 0. The molecule has 0 spiro atoms. The summed E-state index contributed by atoms with van der Waals surface area (Å²) < 4.78 is 7.45. The molecular weight excluding hydrogens is 262 g/mol. The summed E-state index contributed by atoms with van der Waals surface area (Å²) in [5.41, 5.74) is 3.27. The van der Waals surface area contributed by atoms with E-state index in [1.807, 2.05) is 48.3 Å². The molecule has 0 fully saturated rings. The molecule has 4 nitrogen and oxygen atoms in total. The van der Waals surface area contributed by atoms with Gasteiger partial charge in [0, 0.05) is 13.2 Å². The van der Waals surface area contributed by atoms with Gasteiger partial charge in [-0.2, -0.15) is 5.10 Å². The average Bonchev–Trinajstić information content (AvgIpc) is 3.15. The highest BCUT2D eigenvalue weighted by molar-refractivity contribution is 5.50. The topological polar surface area (TPSA) is 43.0 Å². The predicted octanol–water partition coefficient (Wildman–Crippen LogP) is 3.78. The van der Waals surface area contributed by atoms with Gasteiger partial charge in [0.05, 0.1) is 17.6 Å². The molecule has 1 aromatic carbocycles. The maximum Gasteiger partial charge on any atom is 0.130 e. The quantitative estimate of drug-likeness (QED) is 0.774. The molecule has 0 aliphatic heterocycles. The van der Waals surface area contributed by atoms with Crippen molar-refractivity contribution in [1.29, 1.82) is 0 Å². The van der Waals surface area contributed by atoms with E-state index in [-0.39, 0.29) is 6.04 Å². The maximum absolute atomic E-state index is 5.61. The van der Waals surface area contributed by atoms with Crippen LogP contribution in [-0.2, 0) is 13.5 Å². The number of anilines is 1. The monoisotopic (exact) mass is 281 g/mol. The number of nitrogens with one attached hydrogen (secondary N) is 1. The van der Waals surface area contributed by atoms with Crippen molar-refractivity contribution >= 4 is 5.69 Å². The fraction of sp³-hybridized carbons (Fsp3) is 0.235. The number of nitrogens with zero attached hydrogens (tertiary/aromatic N) is 2. The Hall–Kier alpha value is -2.49. The highest BCUT2D eigenvalue weighted by atomic mass is 16.3. The molecule has 21 heavy (non-hydrogen) atoms. The van der Waals surface area contributed by atoms with Crippen LogP contribution in [0.25, 0.3) is 0 Å². The Bertz CT molecular complexity index is 686. The Morgan fingerprint density at radius 1 is 1.19 bits per heavy atom. The summed E-state index contributed by atoms with van der Waals surface area (Å²) in [6, 6.07) is 14.2. The van der Waals surface area contributed by atoms with Gasteiger partial charge < -0.3 is 9.73 Å². The smallest absolute Gasteiger partial charge is 0.130 e. The van der Waals surface area contributed by atoms with E-state index in [2.05, 4.69) is 29.5 Å². The lowest BCUT2D eigenvalue weighted by molar-refractivity contribution is 0.499. The van der Waals surface area contributed by atoms with Gasteiger partial charge in [-0.05, 0) is 24.1 Å². The van der Waals surface area contributed by atoms with Gasteiger partial charge in [-0.25, -0.2) is 0 Å². The van der Waals surface area contributed by atoms with Crippen LogP contribution in [0.5, 0.6) is 0 Å². The second-order valence-electron chi connectivity index (χ2n) is 5.02. The van der Waals surface area contributed by atoms with Crippen molar-refractivity contribution < 1.29 is 4.42 Å². The molecule has 3 rings (SSSR count). The number of benzene rings is 1. The van der Waals surface area contributed by atoms with Crippen LogP contribution in [-0.4, -0.2) is 9.78 Å². The van der Waals surface area contributed by atoms with Crippen LogP contribution in [0, 0.1) is 0 Å². The Kier molecular flexibility index (Phi) is 3.77. The van der Waals surface area contributed by atoms with Crippen LogP contribution < -0.4 is 5.32 Å². The fourth-order valence-electron chi connectivity index (χ4n) is 2.49. The fourth-order valence-corrected chi connectivity index (χ4v) is 2.49. The van der Waals surface area contributed by atoms with E-state index in [4.69, 9.17) is 4.42 Å². The van der Waals surface area contributed by atoms with Crippen LogP contribution in [0.2, 0.25) is 0 Å². The van der Waals surface area contributed by atoms with Crippen LogP contribution in [0.1, 0.15) is 30.0 Å². The summed E-state index contributed by atoms with van der Waals surface area (Å²) in [5, 5.41) is 8.04. The van der Waals surface area contributed by atoms with Gasteiger partial charge in [-0.1, -0.05) is 37.3 Å². The Balaban J connectivity index is 1.97. The van der Waals surface area contributed by atoms with Crippen molar-refractivity contribution in [3.05, 3.63) is 71.9 Å². The molecule has 1 atom stereocenters. The highest BCUT2D eigenvalue weighted by Crippen LogP contribution is 2.28. The molecule has 0 radical (unpaired) electrons. The zero-order valence-electron chi connectivity index (χ0n) is 12.3. The lowest BCUT2D eigenvalue weighted by Crippen LogP contribution is -2.12. The van der Waals surface area contributed by atoms with Crippen LogP contribution in [0.4, 0.5) is 5.69 Å². The first-order chi connectivity index (χ1) is 10.3. The van der Waals surface area contributed by atoms with Crippen molar-refractivity contribution in [1.82, 2.24) is 9.78 Å². The van der Waals surface area contributed by atoms with Crippen LogP contribution >= 0.6 is 0 Å². The average molecular weight is 281 g/mol. The van der Waals surface area contributed by atoms with Gasteiger partial charge in [0.2, 0.25) is 0 Å². The molecule has 0 aliphatic rings. The van der Waals surface area contributed by atoms with Gasteiger partial charge in [-0.15, -0.1) is 0 Å². The number of aryl methyl sites for hydroxylation is 2. The largest absolute Gasteiger partial charge is 0.467 e. The van der Waals surface area contributed by atoms with Crippen molar-refractivity contribution in [3.63, 3.8) is 0 Å². The Morgan fingerprint density at radius 2 is 2.00 bits per heavy atom. The normalized spacial score (nSPS) is 12.3. The van der Waals surface area contributed by atoms with Crippen molar-refractivity contribution in [2.75, 3.05) is 5.32 Å². The van der Waals surface area contributed by atoms with E-state index < -0.39 is 0 Å². The van der Waals surface area contributed by atoms with Gasteiger partial charge in [-0.3, -0.25) is 4.68 Å². The number of furan rings is 1. The second kappa shape index (κ2) is 5.87. The number of aromatic nitrogens is 2. The van der Waals surface area contributed by atoms with E-state index >= 15 is 0 Å². The lowest BCUT2D eigenvalue weighted by atomic mass is 10.0. The molecule has 0 aliphatic carbocycles. The zero-order chi connectivity index (χ0) is 14.7. The zero-order valence-corrected chi connectivity index (χ0v) is 12.3. The summed E-state index contributed by atoms with van der Waals surface area (Å²) in [7, 11) is 1.94. The minimum atomic E-state index is -0.0179. The third-order valence-corrected chi connectivity index (χ3v) is 3.50. The molecule has 2 aromatic heterocycles. The standard InChI is InChI=1S/C17H19N3O/c1-3-14-15(12-20(2)19-14)18-17(16-10-7-11-21-16)13-8-5-4-6-9-13/h4-12,17-18H,3H2,1-2H3. The van der Waals surface area contributed by atoms with Crippen molar-refractivity contribution in [2.24, 2.45) is 7.05 Å². The summed E-state index contributed by atoms with van der Waals surface area (Å²) in [5.74, 6) is 0.895. The van der Waals surface area contributed by atoms with E-state index in [1.54, 1.807) is 6.26 Å². The van der Waals surface area contributed by atoms with E-state index in [1.165, 1.54) is 5.56 Å². The van der Waals surface area contributed by atoms with Crippen LogP contribution in [0.3, 0.4) is 0 Å². The molecule has 0 saturated carbocycles. The molecular formula is C17H19N3O. The molecule has 0 bridgehead atoms. The summed E-state index contributed by atoms with van der Waals surface area (Å²) in [4.78, 5) is 0. The minimum Gasteiger partial charge on any atom is -0.467 e. The first-order valence-corrected chi connectivity index (χ1v) is 7.15. The Labute approximate surface area is 124 Å².